The molecule has 0 radical (unpaired) electrons. The molecule has 0 aliphatic heterocycles. The summed E-state index contributed by atoms with van der Waals surface area (Å²) in [6.45, 7) is 10.7. The zero-order chi connectivity index (χ0) is 13.8. The first-order valence-corrected chi connectivity index (χ1v) is 7.62. The van der Waals surface area contributed by atoms with Gasteiger partial charge in [-0.3, -0.25) is 0 Å². The highest BCUT2D eigenvalue weighted by atomic mass is 32.1. The number of nitrogens with one attached hydrogen (secondary N) is 1. The van der Waals surface area contributed by atoms with Crippen LogP contribution in [0.15, 0.2) is 23.7 Å². The SMILES string of the molecule is Cc1cc(C)c(CNCC(C)c2nccs2)cc1C. The molecule has 0 aliphatic rings. The van der Waals surface area contributed by atoms with Gasteiger partial charge in [0.25, 0.3) is 0 Å². The Kier molecular flexibility index (Phi) is 4.72. The van der Waals surface area contributed by atoms with E-state index in [1.165, 1.54) is 27.3 Å². The molecule has 0 spiro atoms. The molecule has 1 N–H and O–H groups in total. The Bertz CT molecular complexity index is 532. The molecule has 0 amide bonds. The Hall–Kier alpha value is -1.19. The normalized spacial score (nSPS) is 12.6. The third-order valence-electron chi connectivity index (χ3n) is 3.59. The number of thiazole rings is 1. The fourth-order valence-corrected chi connectivity index (χ4v) is 2.90. The zero-order valence-corrected chi connectivity index (χ0v) is 13.0. The highest BCUT2D eigenvalue weighted by Gasteiger charge is 2.08. The van der Waals surface area contributed by atoms with E-state index in [0.29, 0.717) is 5.92 Å². The Labute approximate surface area is 119 Å². The van der Waals surface area contributed by atoms with Crippen LogP contribution in [0.5, 0.6) is 0 Å². The fraction of sp³-hybridized carbons (Fsp3) is 0.438. The molecule has 2 rings (SSSR count). The summed E-state index contributed by atoms with van der Waals surface area (Å²) in [5.41, 5.74) is 5.51. The number of nitrogens with zero attached hydrogens (tertiary/aromatic N) is 1. The van der Waals surface area contributed by atoms with Crippen molar-refractivity contribution < 1.29 is 0 Å². The molecule has 1 atom stereocenters. The second-order valence-electron chi connectivity index (χ2n) is 5.27. The van der Waals surface area contributed by atoms with Gasteiger partial charge in [0, 0.05) is 30.6 Å². The second kappa shape index (κ2) is 6.31. The van der Waals surface area contributed by atoms with Crippen molar-refractivity contribution in [3.05, 3.63) is 51.0 Å². The van der Waals surface area contributed by atoms with Gasteiger partial charge in [-0.15, -0.1) is 11.3 Å². The number of rotatable bonds is 5. The van der Waals surface area contributed by atoms with E-state index in [0.717, 1.165) is 13.1 Å². The van der Waals surface area contributed by atoms with Gasteiger partial charge in [-0.05, 0) is 43.0 Å². The lowest BCUT2D eigenvalue weighted by Gasteiger charge is -2.13. The summed E-state index contributed by atoms with van der Waals surface area (Å²) in [5.74, 6) is 0.479. The minimum atomic E-state index is 0.479. The highest BCUT2D eigenvalue weighted by Crippen LogP contribution is 2.18. The molecule has 1 aromatic heterocycles. The molecular weight excluding hydrogens is 252 g/mol. The Morgan fingerprint density at radius 2 is 1.89 bits per heavy atom. The molecule has 1 aromatic carbocycles. The van der Waals surface area contributed by atoms with Crippen molar-refractivity contribution in [1.82, 2.24) is 10.3 Å². The number of aryl methyl sites for hydroxylation is 3. The van der Waals surface area contributed by atoms with Crippen molar-refractivity contribution in [2.45, 2.75) is 40.2 Å². The van der Waals surface area contributed by atoms with Crippen LogP contribution in [0.1, 0.15) is 40.1 Å². The Morgan fingerprint density at radius 3 is 2.58 bits per heavy atom. The van der Waals surface area contributed by atoms with Crippen molar-refractivity contribution in [3.8, 4) is 0 Å². The first-order chi connectivity index (χ1) is 9.08. The van der Waals surface area contributed by atoms with E-state index in [-0.39, 0.29) is 0 Å². The van der Waals surface area contributed by atoms with Crippen LogP contribution in [-0.2, 0) is 6.54 Å². The van der Waals surface area contributed by atoms with Gasteiger partial charge < -0.3 is 5.32 Å². The summed E-state index contributed by atoms with van der Waals surface area (Å²) in [7, 11) is 0. The van der Waals surface area contributed by atoms with Gasteiger partial charge in [0.2, 0.25) is 0 Å². The van der Waals surface area contributed by atoms with Crippen LogP contribution >= 0.6 is 11.3 Å². The van der Waals surface area contributed by atoms with E-state index in [9.17, 15) is 0 Å². The van der Waals surface area contributed by atoms with Gasteiger partial charge in [0.05, 0.1) is 5.01 Å². The minimum Gasteiger partial charge on any atom is -0.312 e. The van der Waals surface area contributed by atoms with Crippen molar-refractivity contribution in [3.63, 3.8) is 0 Å². The monoisotopic (exact) mass is 274 g/mol. The quantitative estimate of drug-likeness (QED) is 0.892. The molecule has 0 fully saturated rings. The Morgan fingerprint density at radius 1 is 1.16 bits per heavy atom. The summed E-state index contributed by atoms with van der Waals surface area (Å²) >= 11 is 1.73. The zero-order valence-electron chi connectivity index (χ0n) is 12.2. The average molecular weight is 274 g/mol. The number of benzene rings is 1. The van der Waals surface area contributed by atoms with Crippen LogP contribution in [-0.4, -0.2) is 11.5 Å². The smallest absolute Gasteiger partial charge is 0.0965 e. The molecule has 2 nitrogen and oxygen atoms in total. The lowest BCUT2D eigenvalue weighted by molar-refractivity contribution is 0.611. The maximum absolute atomic E-state index is 4.36. The first kappa shape index (κ1) is 14.2. The van der Waals surface area contributed by atoms with E-state index in [4.69, 9.17) is 0 Å². The first-order valence-electron chi connectivity index (χ1n) is 6.74. The van der Waals surface area contributed by atoms with Crippen LogP contribution in [0, 0.1) is 20.8 Å². The lowest BCUT2D eigenvalue weighted by atomic mass is 10.0. The van der Waals surface area contributed by atoms with E-state index < -0.39 is 0 Å². The summed E-state index contributed by atoms with van der Waals surface area (Å²) in [5, 5.41) is 6.80. The lowest BCUT2D eigenvalue weighted by Crippen LogP contribution is -2.20. The fourth-order valence-electron chi connectivity index (χ4n) is 2.20. The van der Waals surface area contributed by atoms with E-state index >= 15 is 0 Å². The summed E-state index contributed by atoms with van der Waals surface area (Å²) < 4.78 is 0. The van der Waals surface area contributed by atoms with Crippen LogP contribution in [0.3, 0.4) is 0 Å². The van der Waals surface area contributed by atoms with E-state index in [1.807, 2.05) is 11.6 Å². The molecule has 0 bridgehead atoms. The van der Waals surface area contributed by atoms with Crippen LogP contribution < -0.4 is 5.32 Å². The van der Waals surface area contributed by atoms with E-state index in [2.05, 4.69) is 50.1 Å². The molecule has 0 aliphatic carbocycles. The largest absolute Gasteiger partial charge is 0.312 e. The van der Waals surface area contributed by atoms with Crippen molar-refractivity contribution in [2.24, 2.45) is 0 Å². The maximum atomic E-state index is 4.36. The number of aromatic nitrogens is 1. The molecule has 2 aromatic rings. The van der Waals surface area contributed by atoms with Crippen LogP contribution in [0.2, 0.25) is 0 Å². The van der Waals surface area contributed by atoms with Gasteiger partial charge in [0.15, 0.2) is 0 Å². The molecule has 3 heteroatoms. The highest BCUT2D eigenvalue weighted by molar-refractivity contribution is 7.09. The molecule has 102 valence electrons. The minimum absolute atomic E-state index is 0.479. The van der Waals surface area contributed by atoms with Gasteiger partial charge in [-0.2, -0.15) is 0 Å². The van der Waals surface area contributed by atoms with Gasteiger partial charge in [0.1, 0.15) is 0 Å². The number of hydrogen-bond acceptors (Lipinski definition) is 3. The topological polar surface area (TPSA) is 24.9 Å². The second-order valence-corrected chi connectivity index (χ2v) is 6.19. The predicted molar refractivity (Wildman–Crippen MR) is 82.9 cm³/mol. The standard InChI is InChI=1S/C16H22N2S/c1-11-7-13(3)15(8-12(11)2)10-17-9-14(4)16-18-5-6-19-16/h5-8,14,17H,9-10H2,1-4H3. The van der Waals surface area contributed by atoms with Gasteiger partial charge in [-0.25, -0.2) is 4.98 Å². The van der Waals surface area contributed by atoms with E-state index in [1.54, 1.807) is 11.3 Å². The molecule has 0 saturated carbocycles. The molecule has 0 saturated heterocycles. The molecule has 1 heterocycles. The van der Waals surface area contributed by atoms with Crippen molar-refractivity contribution >= 4 is 11.3 Å². The third kappa shape index (κ3) is 3.64. The summed E-state index contributed by atoms with van der Waals surface area (Å²) in [6.07, 6.45) is 1.88. The van der Waals surface area contributed by atoms with Crippen LogP contribution in [0.25, 0.3) is 0 Å². The molecular formula is C16H22N2S. The molecule has 1 unspecified atom stereocenters. The van der Waals surface area contributed by atoms with Crippen molar-refractivity contribution in [2.75, 3.05) is 6.54 Å². The van der Waals surface area contributed by atoms with Crippen LogP contribution in [0.4, 0.5) is 0 Å². The summed E-state index contributed by atoms with van der Waals surface area (Å²) in [6, 6.07) is 4.57. The maximum Gasteiger partial charge on any atom is 0.0965 e. The number of hydrogen-bond donors (Lipinski definition) is 1. The Balaban J connectivity index is 1.91. The van der Waals surface area contributed by atoms with Gasteiger partial charge in [-0.1, -0.05) is 19.1 Å². The molecule has 19 heavy (non-hydrogen) atoms. The van der Waals surface area contributed by atoms with Crippen molar-refractivity contribution in [1.29, 1.82) is 0 Å². The summed E-state index contributed by atoms with van der Waals surface area (Å²) in [4.78, 5) is 4.36. The third-order valence-corrected chi connectivity index (χ3v) is 4.60. The predicted octanol–water partition coefficient (Wildman–Crippen LogP) is 3.96. The average Bonchev–Trinajstić information content (AvgIpc) is 2.89. The van der Waals surface area contributed by atoms with Gasteiger partial charge >= 0.3 is 0 Å².